The zero-order valence-corrected chi connectivity index (χ0v) is 23.6. The van der Waals surface area contributed by atoms with Gasteiger partial charge >= 0.3 is 12.2 Å². The molecule has 6 aliphatic rings. The Morgan fingerprint density at radius 2 is 1.95 bits per heavy atom. The lowest BCUT2D eigenvalue weighted by Crippen LogP contribution is -2.67. The number of aryl methyl sites for hydroxylation is 1. The van der Waals surface area contributed by atoms with Crippen LogP contribution in [0, 0.1) is 12.7 Å². The van der Waals surface area contributed by atoms with Gasteiger partial charge in [0.15, 0.2) is 5.82 Å². The average Bonchev–Trinajstić information content (AvgIpc) is 3.44. The van der Waals surface area contributed by atoms with Crippen molar-refractivity contribution in [2.45, 2.75) is 88.1 Å². The van der Waals surface area contributed by atoms with Crippen molar-refractivity contribution in [3.63, 3.8) is 0 Å². The minimum absolute atomic E-state index is 0.0901. The smallest absolute Gasteiger partial charge is 0.417 e. The number of alkyl halides is 4. The molecule has 1 aromatic heterocycles. The molecule has 13 heteroatoms. The fraction of sp³-hybridized carbons (Fsp3) is 0.655. The molecule has 7 heterocycles. The van der Waals surface area contributed by atoms with Crippen molar-refractivity contribution in [1.29, 1.82) is 0 Å². The first-order chi connectivity index (χ1) is 19.9. The summed E-state index contributed by atoms with van der Waals surface area (Å²) in [6.07, 6.45) is -3.79. The van der Waals surface area contributed by atoms with Crippen molar-refractivity contribution in [3.8, 4) is 6.01 Å². The highest BCUT2D eigenvalue weighted by Crippen LogP contribution is 2.49. The molecule has 5 fully saturated rings. The number of piperazine rings is 1. The van der Waals surface area contributed by atoms with Gasteiger partial charge < -0.3 is 25.4 Å². The monoisotopic (exact) mass is 594 g/mol. The molecule has 8 nitrogen and oxygen atoms in total. The molecular weight excluding hydrogens is 559 g/mol. The van der Waals surface area contributed by atoms with Crippen LogP contribution in [0.4, 0.5) is 33.5 Å². The van der Waals surface area contributed by atoms with E-state index in [1.165, 1.54) is 6.92 Å². The summed E-state index contributed by atoms with van der Waals surface area (Å²) < 4.78 is 84.8. The van der Waals surface area contributed by atoms with Crippen molar-refractivity contribution in [3.05, 3.63) is 39.8 Å². The van der Waals surface area contributed by atoms with E-state index in [9.17, 15) is 17.6 Å². The molecule has 2 unspecified atom stereocenters. The van der Waals surface area contributed by atoms with Crippen LogP contribution in [-0.2, 0) is 17.5 Å². The van der Waals surface area contributed by atoms with Crippen LogP contribution in [-0.4, -0.2) is 71.4 Å². The van der Waals surface area contributed by atoms with E-state index >= 15 is 4.39 Å². The zero-order chi connectivity index (χ0) is 29.6. The molecule has 3 N–H and O–H groups in total. The van der Waals surface area contributed by atoms with E-state index in [0.717, 1.165) is 31.9 Å². The Hall–Kier alpha value is -2.77. The van der Waals surface area contributed by atoms with E-state index in [2.05, 4.69) is 15.1 Å². The van der Waals surface area contributed by atoms with Crippen molar-refractivity contribution in [1.82, 2.24) is 20.2 Å². The molecule has 0 spiro atoms. The Morgan fingerprint density at radius 1 is 1.21 bits per heavy atom. The average molecular weight is 595 g/mol. The number of benzene rings is 1. The van der Waals surface area contributed by atoms with E-state index in [0.29, 0.717) is 55.2 Å². The second-order valence-corrected chi connectivity index (χ2v) is 12.7. The molecule has 6 atom stereocenters. The van der Waals surface area contributed by atoms with Gasteiger partial charge in [-0.25, -0.2) is 8.78 Å². The maximum absolute atomic E-state index is 15.4. The first kappa shape index (κ1) is 28.0. The van der Waals surface area contributed by atoms with Gasteiger partial charge in [0.2, 0.25) is 0 Å². The van der Waals surface area contributed by atoms with Crippen LogP contribution < -0.4 is 20.7 Å². The summed E-state index contributed by atoms with van der Waals surface area (Å²) in [6, 6.07) is 1.73. The molecule has 2 aromatic rings. The Bertz CT molecular complexity index is 1390. The van der Waals surface area contributed by atoms with Gasteiger partial charge in [-0.05, 0) is 44.4 Å². The highest BCUT2D eigenvalue weighted by atomic mass is 19.4. The van der Waals surface area contributed by atoms with Crippen LogP contribution in [0.3, 0.4) is 0 Å². The summed E-state index contributed by atoms with van der Waals surface area (Å²) in [6.45, 7) is 5.68. The van der Waals surface area contributed by atoms with Crippen LogP contribution in [0.2, 0.25) is 0 Å². The van der Waals surface area contributed by atoms with Gasteiger partial charge in [0, 0.05) is 55.2 Å². The van der Waals surface area contributed by atoms with Gasteiger partial charge in [0.05, 0.1) is 35.2 Å². The Balaban J connectivity index is 1.27. The van der Waals surface area contributed by atoms with E-state index in [4.69, 9.17) is 25.2 Å². The summed E-state index contributed by atoms with van der Waals surface area (Å²) in [4.78, 5) is 13.8. The number of piperidine rings is 1. The van der Waals surface area contributed by atoms with Crippen molar-refractivity contribution in [2.75, 3.05) is 43.4 Å². The maximum atomic E-state index is 15.4. The summed E-state index contributed by atoms with van der Waals surface area (Å²) in [5.74, 6) is -1.29. The van der Waals surface area contributed by atoms with Crippen molar-refractivity contribution in [2.24, 2.45) is 0 Å². The predicted molar refractivity (Wildman–Crippen MR) is 145 cm³/mol. The molecule has 8 rings (SSSR count). The zero-order valence-electron chi connectivity index (χ0n) is 23.6. The first-order valence-corrected chi connectivity index (χ1v) is 14.6. The molecule has 6 aliphatic heterocycles. The second-order valence-electron chi connectivity index (χ2n) is 12.7. The topological polar surface area (TPSA) is 88.8 Å². The number of rotatable bonds is 5. The van der Waals surface area contributed by atoms with Crippen LogP contribution in [0.5, 0.6) is 6.01 Å². The van der Waals surface area contributed by atoms with Crippen LogP contribution in [0.25, 0.3) is 0 Å². The Kier molecular flexibility index (Phi) is 6.59. The molecule has 2 bridgehead atoms. The molecule has 228 valence electrons. The summed E-state index contributed by atoms with van der Waals surface area (Å²) >= 11 is 0. The number of ether oxygens (including phenoxy) is 2. The Morgan fingerprint density at radius 3 is 2.67 bits per heavy atom. The number of anilines is 2. The molecule has 0 aliphatic carbocycles. The number of halogens is 5. The van der Waals surface area contributed by atoms with E-state index in [1.54, 1.807) is 6.92 Å². The number of nitrogens with one attached hydrogen (secondary N) is 1. The molecular formula is C29H35F5N6O2. The normalized spacial score (nSPS) is 32.5. The molecule has 5 saturated heterocycles. The third-order valence-corrected chi connectivity index (χ3v) is 9.84. The summed E-state index contributed by atoms with van der Waals surface area (Å²) in [5, 5.41) is 3.49. The SMILES string of the molecule is Cc1cc(N)c(F)c([C@@H]2OCc3c(nc(OC[C@@]45CCCN4C[C@H](F)C5)nc3N3CC4CC(C3)N4)[C@H]2C)c1C(F)(F)F. The first-order valence-electron chi connectivity index (χ1n) is 14.6. The van der Waals surface area contributed by atoms with Gasteiger partial charge in [-0.15, -0.1) is 0 Å². The highest BCUT2D eigenvalue weighted by Gasteiger charge is 2.50. The minimum Gasteiger partial charge on any atom is -0.461 e. The van der Waals surface area contributed by atoms with Crippen molar-refractivity contribution < 1.29 is 31.4 Å². The van der Waals surface area contributed by atoms with Gasteiger partial charge in [-0.2, -0.15) is 23.1 Å². The van der Waals surface area contributed by atoms with Crippen LogP contribution >= 0.6 is 0 Å². The van der Waals surface area contributed by atoms with E-state index < -0.39 is 46.9 Å². The van der Waals surface area contributed by atoms with Gasteiger partial charge in [-0.3, -0.25) is 4.90 Å². The van der Waals surface area contributed by atoms with Gasteiger partial charge in [0.1, 0.15) is 18.6 Å². The third-order valence-electron chi connectivity index (χ3n) is 9.84. The second kappa shape index (κ2) is 9.88. The molecule has 1 aromatic carbocycles. The number of fused-ring (bicyclic) bond motifs is 4. The summed E-state index contributed by atoms with van der Waals surface area (Å²) in [7, 11) is 0. The largest absolute Gasteiger partial charge is 0.461 e. The van der Waals surface area contributed by atoms with Gasteiger partial charge in [0.25, 0.3) is 0 Å². The lowest BCUT2D eigenvalue weighted by molar-refractivity contribution is -0.140. The fourth-order valence-corrected chi connectivity index (χ4v) is 7.93. The molecule has 0 saturated carbocycles. The number of nitrogen functional groups attached to an aromatic ring is 1. The fourth-order valence-electron chi connectivity index (χ4n) is 7.93. The Labute approximate surface area is 240 Å². The summed E-state index contributed by atoms with van der Waals surface area (Å²) in [5.41, 5.74) is 4.28. The van der Waals surface area contributed by atoms with E-state index in [1.807, 2.05) is 0 Å². The number of nitrogens with two attached hydrogens (primary N) is 1. The lowest BCUT2D eigenvalue weighted by Gasteiger charge is -2.49. The van der Waals surface area contributed by atoms with Crippen molar-refractivity contribution >= 4 is 11.5 Å². The number of aromatic nitrogens is 2. The van der Waals surface area contributed by atoms with Crippen LogP contribution in [0.15, 0.2) is 6.07 Å². The number of nitrogens with zero attached hydrogens (tertiary/aromatic N) is 4. The number of hydrogen-bond donors (Lipinski definition) is 2. The highest BCUT2D eigenvalue weighted by molar-refractivity contribution is 5.56. The predicted octanol–water partition coefficient (Wildman–Crippen LogP) is 4.41. The lowest BCUT2D eigenvalue weighted by atomic mass is 9.84. The molecule has 0 radical (unpaired) electrons. The van der Waals surface area contributed by atoms with Crippen LogP contribution in [0.1, 0.15) is 72.6 Å². The van der Waals surface area contributed by atoms with Gasteiger partial charge in [-0.1, -0.05) is 6.92 Å². The maximum Gasteiger partial charge on any atom is 0.417 e. The van der Waals surface area contributed by atoms with E-state index in [-0.39, 0.29) is 30.5 Å². The minimum atomic E-state index is -4.81. The molecule has 42 heavy (non-hydrogen) atoms. The number of hydrogen-bond acceptors (Lipinski definition) is 8. The molecule has 0 amide bonds. The quantitative estimate of drug-likeness (QED) is 0.389. The third kappa shape index (κ3) is 4.50. The standard InChI is InChI=1S/C29H35F5N6O2/c1-14-6-20(35)23(31)21(22(14)29(32,33)34)25-15(2)24-19(12-41-25)26(39-10-17-7-18(11-39)36-17)38-27(37-24)42-13-28-4-3-5-40(28)9-16(30)8-28/h6,15-18,25,36H,3-5,7-13,35H2,1-2H3/t15-,16-,17?,18?,25-,28+/m1/s1.